The third-order valence-electron chi connectivity index (χ3n) is 1.70. The number of nitrogens with zero attached hydrogens (tertiary/aromatic N) is 2. The molecule has 0 saturated carbocycles. The highest BCUT2D eigenvalue weighted by atomic mass is 16.2. The van der Waals surface area contributed by atoms with Gasteiger partial charge in [0.1, 0.15) is 0 Å². The van der Waals surface area contributed by atoms with Gasteiger partial charge in [0.15, 0.2) is 0 Å². The molecule has 0 fully saturated rings. The molecule has 0 aliphatic heterocycles. The van der Waals surface area contributed by atoms with Gasteiger partial charge in [0.05, 0.1) is 11.9 Å². The number of primary amides is 1. The Hall–Kier alpha value is -1.78. The van der Waals surface area contributed by atoms with E-state index in [2.05, 4.69) is 17.5 Å². The molecule has 1 heterocycles. The van der Waals surface area contributed by atoms with Crippen LogP contribution in [-0.2, 0) is 6.54 Å². The molecule has 5 nitrogen and oxygen atoms in total. The first-order chi connectivity index (χ1) is 6.74. The van der Waals surface area contributed by atoms with Crippen LogP contribution in [0.5, 0.6) is 0 Å². The van der Waals surface area contributed by atoms with Crippen molar-refractivity contribution in [3.05, 3.63) is 24.0 Å². The van der Waals surface area contributed by atoms with Crippen LogP contribution in [0, 0.1) is 0 Å². The molecule has 0 saturated heterocycles. The van der Waals surface area contributed by atoms with E-state index in [-0.39, 0.29) is 0 Å². The number of rotatable bonds is 4. The fourth-order valence-corrected chi connectivity index (χ4v) is 1.15. The second kappa shape index (κ2) is 5.06. The lowest BCUT2D eigenvalue weighted by Gasteiger charge is -2.02. The Bertz CT molecular complexity index is 329. The van der Waals surface area contributed by atoms with E-state index in [1.807, 2.05) is 22.9 Å². The Morgan fingerprint density at radius 3 is 3.21 bits per heavy atom. The lowest BCUT2D eigenvalue weighted by molar-refractivity contribution is 0.249. The van der Waals surface area contributed by atoms with Crippen molar-refractivity contribution in [1.29, 1.82) is 0 Å². The van der Waals surface area contributed by atoms with Crippen molar-refractivity contribution in [1.82, 2.24) is 9.99 Å². The Morgan fingerprint density at radius 2 is 2.57 bits per heavy atom. The number of carbonyl (C=O) groups is 1. The summed E-state index contributed by atoms with van der Waals surface area (Å²) in [6.07, 6.45) is 4.59. The summed E-state index contributed by atoms with van der Waals surface area (Å²) in [4.78, 5) is 10.3. The first kappa shape index (κ1) is 10.3. The zero-order chi connectivity index (χ0) is 10.4. The number of nitrogens with two attached hydrogens (primary N) is 1. The fourth-order valence-electron chi connectivity index (χ4n) is 1.15. The van der Waals surface area contributed by atoms with Crippen LogP contribution in [0.2, 0.25) is 0 Å². The van der Waals surface area contributed by atoms with Crippen molar-refractivity contribution in [3.8, 4) is 0 Å². The van der Waals surface area contributed by atoms with Crippen LogP contribution in [-0.4, -0.2) is 16.8 Å². The van der Waals surface area contributed by atoms with E-state index >= 15 is 0 Å². The highest BCUT2D eigenvalue weighted by molar-refractivity contribution is 5.79. The molecule has 1 aromatic heterocycles. The van der Waals surface area contributed by atoms with Gasteiger partial charge in [0, 0.05) is 12.7 Å². The predicted molar refractivity (Wildman–Crippen MR) is 55.0 cm³/mol. The first-order valence-electron chi connectivity index (χ1n) is 4.47. The highest BCUT2D eigenvalue weighted by Crippen LogP contribution is 2.00. The molecule has 0 aromatic carbocycles. The van der Waals surface area contributed by atoms with E-state index in [4.69, 9.17) is 5.73 Å². The summed E-state index contributed by atoms with van der Waals surface area (Å²) < 4.78 is 2.05. The molecule has 0 aliphatic carbocycles. The summed E-state index contributed by atoms with van der Waals surface area (Å²) in [5.74, 6) is 0. The number of amides is 2. The van der Waals surface area contributed by atoms with Crippen LogP contribution in [0.25, 0.3) is 0 Å². The summed E-state index contributed by atoms with van der Waals surface area (Å²) in [6.45, 7) is 3.04. The average molecular weight is 194 g/mol. The molecule has 5 heteroatoms. The van der Waals surface area contributed by atoms with Gasteiger partial charge in [-0.3, -0.25) is 0 Å². The van der Waals surface area contributed by atoms with Gasteiger partial charge in [0.25, 0.3) is 0 Å². The Morgan fingerprint density at radius 1 is 1.79 bits per heavy atom. The van der Waals surface area contributed by atoms with Crippen LogP contribution in [0.3, 0.4) is 0 Å². The van der Waals surface area contributed by atoms with E-state index in [0.717, 1.165) is 18.7 Å². The van der Waals surface area contributed by atoms with Crippen LogP contribution in [0.4, 0.5) is 4.79 Å². The smallest absolute Gasteiger partial charge is 0.332 e. The molecule has 0 atom stereocenters. The van der Waals surface area contributed by atoms with Crippen LogP contribution in [0.1, 0.15) is 19.0 Å². The maximum atomic E-state index is 10.3. The third-order valence-corrected chi connectivity index (χ3v) is 1.70. The summed E-state index contributed by atoms with van der Waals surface area (Å²) in [7, 11) is 0. The van der Waals surface area contributed by atoms with Crippen LogP contribution < -0.4 is 11.2 Å². The van der Waals surface area contributed by atoms with Crippen molar-refractivity contribution >= 4 is 12.2 Å². The van der Waals surface area contributed by atoms with E-state index in [9.17, 15) is 4.79 Å². The Kier molecular flexibility index (Phi) is 3.72. The van der Waals surface area contributed by atoms with E-state index in [1.165, 1.54) is 0 Å². The van der Waals surface area contributed by atoms with Gasteiger partial charge in [-0.25, -0.2) is 10.2 Å². The van der Waals surface area contributed by atoms with Crippen LogP contribution in [0.15, 0.2) is 23.4 Å². The standard InChI is InChI=1S/C9H14N4O/c1-2-5-13-6-3-4-8(13)7-11-12-9(10)14/h3-4,6-7H,2,5H2,1H3,(H3,10,12,14). The zero-order valence-electron chi connectivity index (χ0n) is 8.10. The molecule has 0 aliphatic rings. The summed E-state index contributed by atoms with van der Waals surface area (Å²) >= 11 is 0. The lowest BCUT2D eigenvalue weighted by Crippen LogP contribution is -2.24. The average Bonchev–Trinajstić information content (AvgIpc) is 2.53. The van der Waals surface area contributed by atoms with Gasteiger partial charge in [-0.15, -0.1) is 0 Å². The van der Waals surface area contributed by atoms with Crippen molar-refractivity contribution < 1.29 is 4.79 Å². The van der Waals surface area contributed by atoms with Crippen molar-refractivity contribution in [2.75, 3.05) is 0 Å². The maximum Gasteiger partial charge on any atom is 0.332 e. The van der Waals surface area contributed by atoms with Gasteiger partial charge in [-0.2, -0.15) is 5.10 Å². The van der Waals surface area contributed by atoms with Gasteiger partial charge in [0.2, 0.25) is 0 Å². The minimum absolute atomic E-state index is 0.658. The fraction of sp³-hybridized carbons (Fsp3) is 0.333. The molecule has 1 rings (SSSR count). The molecular weight excluding hydrogens is 180 g/mol. The number of aromatic nitrogens is 1. The number of carbonyl (C=O) groups excluding carboxylic acids is 1. The predicted octanol–water partition coefficient (Wildman–Crippen LogP) is 0.900. The summed E-state index contributed by atoms with van der Waals surface area (Å²) in [5, 5.41) is 3.69. The molecule has 0 bridgehead atoms. The zero-order valence-corrected chi connectivity index (χ0v) is 8.10. The number of hydrazone groups is 1. The molecule has 2 amide bonds. The van der Waals surface area contributed by atoms with E-state index in [0.29, 0.717) is 0 Å². The Labute approximate surface area is 82.6 Å². The van der Waals surface area contributed by atoms with Crippen molar-refractivity contribution in [2.45, 2.75) is 19.9 Å². The monoisotopic (exact) mass is 194 g/mol. The number of hydrogen-bond donors (Lipinski definition) is 2. The van der Waals surface area contributed by atoms with Gasteiger partial charge in [-0.05, 0) is 18.6 Å². The number of hydrogen-bond acceptors (Lipinski definition) is 2. The molecule has 14 heavy (non-hydrogen) atoms. The minimum atomic E-state index is -0.658. The summed E-state index contributed by atoms with van der Waals surface area (Å²) in [6, 6.07) is 3.19. The van der Waals surface area contributed by atoms with E-state index < -0.39 is 6.03 Å². The normalized spacial score (nSPS) is 10.6. The first-order valence-corrected chi connectivity index (χ1v) is 4.47. The second-order valence-corrected chi connectivity index (χ2v) is 2.86. The molecular formula is C9H14N4O. The van der Waals surface area contributed by atoms with Gasteiger partial charge >= 0.3 is 6.03 Å². The molecule has 0 spiro atoms. The second-order valence-electron chi connectivity index (χ2n) is 2.86. The topological polar surface area (TPSA) is 72.4 Å². The quantitative estimate of drug-likeness (QED) is 0.542. The highest BCUT2D eigenvalue weighted by Gasteiger charge is 1.95. The molecule has 0 unspecified atom stereocenters. The largest absolute Gasteiger partial charge is 0.350 e. The lowest BCUT2D eigenvalue weighted by atomic mass is 10.4. The number of aryl methyl sites for hydroxylation is 1. The Balaban J connectivity index is 2.61. The van der Waals surface area contributed by atoms with Crippen molar-refractivity contribution in [2.24, 2.45) is 10.8 Å². The number of nitrogens with one attached hydrogen (secondary N) is 1. The van der Waals surface area contributed by atoms with Crippen molar-refractivity contribution in [3.63, 3.8) is 0 Å². The van der Waals surface area contributed by atoms with Gasteiger partial charge in [-0.1, -0.05) is 6.92 Å². The maximum absolute atomic E-state index is 10.3. The van der Waals surface area contributed by atoms with Gasteiger partial charge < -0.3 is 10.3 Å². The molecule has 3 N–H and O–H groups in total. The number of urea groups is 1. The molecule has 1 aromatic rings. The SMILES string of the molecule is CCCn1cccc1C=NNC(N)=O. The third kappa shape index (κ3) is 2.93. The molecule has 76 valence electrons. The van der Waals surface area contributed by atoms with Crippen LogP contribution >= 0.6 is 0 Å². The van der Waals surface area contributed by atoms with E-state index in [1.54, 1.807) is 6.21 Å². The molecule has 0 radical (unpaired) electrons. The minimum Gasteiger partial charge on any atom is -0.350 e. The summed E-state index contributed by atoms with van der Waals surface area (Å²) in [5.41, 5.74) is 7.95.